The first-order chi connectivity index (χ1) is 17.4. The first-order valence-electron chi connectivity index (χ1n) is 12.6. The van der Waals surface area contributed by atoms with Crippen LogP contribution in [0.2, 0.25) is 0 Å². The maximum absolute atomic E-state index is 15.6. The Morgan fingerprint density at radius 1 is 1.11 bits per heavy atom. The molecule has 0 spiro atoms. The van der Waals surface area contributed by atoms with Crippen molar-refractivity contribution in [2.75, 3.05) is 32.8 Å². The van der Waals surface area contributed by atoms with Crippen molar-refractivity contribution in [2.24, 2.45) is 0 Å². The van der Waals surface area contributed by atoms with Crippen molar-refractivity contribution in [3.05, 3.63) is 41.2 Å². The van der Waals surface area contributed by atoms with Gasteiger partial charge in [-0.15, -0.1) is 0 Å². The first-order valence-corrected chi connectivity index (χ1v) is 12.6. The third-order valence-electron chi connectivity index (χ3n) is 7.41. The number of carboxylic acids is 1. The van der Waals surface area contributed by atoms with E-state index in [4.69, 9.17) is 18.9 Å². The van der Waals surface area contributed by atoms with Crippen LogP contribution >= 0.6 is 0 Å². The topological polar surface area (TPSA) is 86.3 Å². The summed E-state index contributed by atoms with van der Waals surface area (Å²) in [6.45, 7) is 2.80. The van der Waals surface area contributed by atoms with E-state index in [2.05, 4.69) is 5.32 Å². The lowest BCUT2D eigenvalue weighted by atomic mass is 9.89. The third kappa shape index (κ3) is 5.44. The van der Waals surface area contributed by atoms with E-state index in [1.807, 2.05) is 12.1 Å². The molecule has 1 saturated carbocycles. The number of rotatable bonds is 9. The molecule has 8 heteroatoms. The number of carbonyl (C=O) groups is 1. The molecule has 2 N–H and O–H groups in total. The standard InChI is InChI=1S/C28H36FNO6/c1-18-24(33-2)16-23(25(29)26(18)34-3)22-10-9-20(30-28(27(31)32)11-13-35-14-12-28)15-19(22)17-36-21-7-5-4-6-8-21/h9-10,15-16,21,30H,4-8,11-14,17H2,1-3H3,(H,31,32). The Bertz CT molecular complexity index is 1080. The molecular formula is C28H36FNO6. The summed E-state index contributed by atoms with van der Waals surface area (Å²) in [4.78, 5) is 12.2. The highest BCUT2D eigenvalue weighted by Crippen LogP contribution is 2.40. The van der Waals surface area contributed by atoms with E-state index >= 15 is 4.39 Å². The van der Waals surface area contributed by atoms with Crippen molar-refractivity contribution in [2.45, 2.75) is 70.1 Å². The van der Waals surface area contributed by atoms with Crippen LogP contribution in [0.4, 0.5) is 10.1 Å². The number of aliphatic carboxylic acids is 1. The average Bonchev–Trinajstić information content (AvgIpc) is 2.89. The molecule has 0 radical (unpaired) electrons. The molecule has 196 valence electrons. The molecule has 2 fully saturated rings. The predicted octanol–water partition coefficient (Wildman–Crippen LogP) is 5.71. The number of benzene rings is 2. The first kappa shape index (κ1) is 26.2. The molecule has 2 aromatic carbocycles. The van der Waals surface area contributed by atoms with Crippen molar-refractivity contribution in [1.82, 2.24) is 0 Å². The van der Waals surface area contributed by atoms with Gasteiger partial charge in [0, 0.05) is 42.9 Å². The summed E-state index contributed by atoms with van der Waals surface area (Å²) in [5, 5.41) is 13.2. The molecule has 1 heterocycles. The summed E-state index contributed by atoms with van der Waals surface area (Å²) in [5.74, 6) is -0.717. The minimum atomic E-state index is -1.11. The number of ether oxygens (including phenoxy) is 4. The summed E-state index contributed by atoms with van der Waals surface area (Å²) in [5.41, 5.74) is 1.90. The second kappa shape index (κ2) is 11.5. The van der Waals surface area contributed by atoms with Crippen molar-refractivity contribution < 1.29 is 33.2 Å². The monoisotopic (exact) mass is 501 g/mol. The number of hydrogen-bond acceptors (Lipinski definition) is 6. The quantitative estimate of drug-likeness (QED) is 0.455. The zero-order valence-corrected chi connectivity index (χ0v) is 21.3. The van der Waals surface area contributed by atoms with Gasteiger partial charge < -0.3 is 29.4 Å². The van der Waals surface area contributed by atoms with Crippen LogP contribution in [0.1, 0.15) is 56.1 Å². The molecular weight excluding hydrogens is 465 g/mol. The molecule has 0 atom stereocenters. The van der Waals surface area contributed by atoms with Gasteiger partial charge in [-0.3, -0.25) is 0 Å². The highest BCUT2D eigenvalue weighted by Gasteiger charge is 2.40. The van der Waals surface area contributed by atoms with Gasteiger partial charge in [-0.25, -0.2) is 9.18 Å². The third-order valence-corrected chi connectivity index (χ3v) is 7.41. The van der Waals surface area contributed by atoms with E-state index in [0.29, 0.717) is 54.2 Å². The second-order valence-corrected chi connectivity index (χ2v) is 9.67. The smallest absolute Gasteiger partial charge is 0.329 e. The largest absolute Gasteiger partial charge is 0.496 e. The fourth-order valence-electron chi connectivity index (χ4n) is 5.23. The van der Waals surface area contributed by atoms with Crippen LogP contribution in [0, 0.1) is 12.7 Å². The van der Waals surface area contributed by atoms with Crippen molar-refractivity contribution in [3.63, 3.8) is 0 Å². The molecule has 1 aliphatic carbocycles. The number of carboxylic acid groups (broad SMARTS) is 1. The highest BCUT2D eigenvalue weighted by molar-refractivity contribution is 5.83. The van der Waals surface area contributed by atoms with Crippen LogP contribution < -0.4 is 14.8 Å². The van der Waals surface area contributed by atoms with E-state index in [0.717, 1.165) is 31.2 Å². The number of methoxy groups -OCH3 is 2. The lowest BCUT2D eigenvalue weighted by Gasteiger charge is -2.35. The minimum absolute atomic E-state index is 0.137. The number of nitrogens with one attached hydrogen (secondary N) is 1. The Hall–Kier alpha value is -2.84. The fraction of sp³-hybridized carbons (Fsp3) is 0.536. The number of halogens is 1. The zero-order chi connectivity index (χ0) is 25.7. The van der Waals surface area contributed by atoms with Crippen LogP contribution in [0.15, 0.2) is 24.3 Å². The normalized spacial score (nSPS) is 18.0. The highest BCUT2D eigenvalue weighted by atomic mass is 19.1. The van der Waals surface area contributed by atoms with Gasteiger partial charge in [-0.2, -0.15) is 0 Å². The van der Waals surface area contributed by atoms with Gasteiger partial charge in [0.25, 0.3) is 0 Å². The van der Waals surface area contributed by atoms with Crippen molar-refractivity contribution in [1.29, 1.82) is 0 Å². The second-order valence-electron chi connectivity index (χ2n) is 9.67. The summed E-state index contributed by atoms with van der Waals surface area (Å²) in [7, 11) is 2.98. The van der Waals surface area contributed by atoms with E-state index in [9.17, 15) is 9.90 Å². The Kier molecular flexibility index (Phi) is 8.36. The van der Waals surface area contributed by atoms with Crippen LogP contribution in [0.5, 0.6) is 11.5 Å². The van der Waals surface area contributed by atoms with E-state index in [1.54, 1.807) is 26.2 Å². The Labute approximate surface area is 211 Å². The summed E-state index contributed by atoms with van der Waals surface area (Å²) < 4.78 is 38.2. The summed E-state index contributed by atoms with van der Waals surface area (Å²) in [6, 6.07) is 7.15. The lowest BCUT2D eigenvalue weighted by Crippen LogP contribution is -2.50. The summed E-state index contributed by atoms with van der Waals surface area (Å²) >= 11 is 0. The molecule has 4 rings (SSSR count). The molecule has 0 unspecified atom stereocenters. The SMILES string of the molecule is COc1cc(-c2ccc(NC3(C(=O)O)CCOCC3)cc2COC2CCCCC2)c(F)c(OC)c1C. The maximum Gasteiger partial charge on any atom is 0.329 e. The van der Waals surface area contributed by atoms with E-state index < -0.39 is 17.3 Å². The fourth-order valence-corrected chi connectivity index (χ4v) is 5.23. The Balaban J connectivity index is 1.74. The van der Waals surface area contributed by atoms with Gasteiger partial charge in [-0.1, -0.05) is 25.3 Å². The molecule has 7 nitrogen and oxygen atoms in total. The maximum atomic E-state index is 15.6. The molecule has 2 aromatic rings. The Morgan fingerprint density at radius 2 is 1.83 bits per heavy atom. The van der Waals surface area contributed by atoms with E-state index in [-0.39, 0.29) is 18.5 Å². The molecule has 1 saturated heterocycles. The van der Waals surface area contributed by atoms with Crippen molar-refractivity contribution in [3.8, 4) is 22.6 Å². The lowest BCUT2D eigenvalue weighted by molar-refractivity contribution is -0.145. The molecule has 2 aliphatic rings. The van der Waals surface area contributed by atoms with Gasteiger partial charge in [-0.05, 0) is 49.1 Å². The Morgan fingerprint density at radius 3 is 2.47 bits per heavy atom. The van der Waals surface area contributed by atoms with Gasteiger partial charge in [0.05, 0.1) is 26.9 Å². The summed E-state index contributed by atoms with van der Waals surface area (Å²) in [6.07, 6.45) is 6.41. The van der Waals surface area contributed by atoms with Gasteiger partial charge >= 0.3 is 5.97 Å². The average molecular weight is 502 g/mol. The molecule has 1 aliphatic heterocycles. The van der Waals surface area contributed by atoms with Gasteiger partial charge in [0.15, 0.2) is 11.6 Å². The number of anilines is 1. The molecule has 36 heavy (non-hydrogen) atoms. The molecule has 0 amide bonds. The van der Waals surface area contributed by atoms with Crippen LogP contribution in [0.3, 0.4) is 0 Å². The van der Waals surface area contributed by atoms with E-state index in [1.165, 1.54) is 13.5 Å². The van der Waals surface area contributed by atoms with Crippen LogP contribution in [0.25, 0.3) is 11.1 Å². The van der Waals surface area contributed by atoms with Crippen molar-refractivity contribution >= 4 is 11.7 Å². The number of hydrogen-bond donors (Lipinski definition) is 2. The van der Waals surface area contributed by atoms with Gasteiger partial charge in [0.2, 0.25) is 0 Å². The van der Waals surface area contributed by atoms with Crippen LogP contribution in [-0.2, 0) is 20.9 Å². The van der Waals surface area contributed by atoms with Gasteiger partial charge in [0.1, 0.15) is 11.3 Å². The molecule has 0 bridgehead atoms. The minimum Gasteiger partial charge on any atom is -0.496 e. The van der Waals surface area contributed by atoms with Crippen LogP contribution in [-0.4, -0.2) is 50.2 Å². The molecule has 0 aromatic heterocycles. The predicted molar refractivity (Wildman–Crippen MR) is 135 cm³/mol. The zero-order valence-electron chi connectivity index (χ0n) is 21.3.